The second-order valence-corrected chi connectivity index (χ2v) is 28.3. The lowest BCUT2D eigenvalue weighted by Gasteiger charge is -2.41. The van der Waals surface area contributed by atoms with Crippen LogP contribution in [0.3, 0.4) is 0 Å². The highest BCUT2D eigenvalue weighted by molar-refractivity contribution is 6.00. The predicted molar refractivity (Wildman–Crippen MR) is 357 cm³/mol. The minimum absolute atomic E-state index is 0.0104. The average molecular weight is 1300 g/mol. The summed E-state index contributed by atoms with van der Waals surface area (Å²) in [5.74, 6) is -10.2. The number of likely N-dealkylation sites (N-methyl/N-ethyl adjacent to an activating group) is 8. The van der Waals surface area contributed by atoms with Gasteiger partial charge in [-0.15, -0.1) is 0 Å². The molecule has 0 aromatic carbocycles. The first kappa shape index (κ1) is 81.9. The van der Waals surface area contributed by atoms with Crippen LogP contribution in [0.5, 0.6) is 0 Å². The fraction of sp³-hybridized carbons (Fsp3) is 0.806. The van der Waals surface area contributed by atoms with Gasteiger partial charge in [-0.05, 0) is 108 Å². The van der Waals surface area contributed by atoms with E-state index < -0.39 is 161 Å². The smallest absolute Gasteiger partial charge is 0.246 e. The van der Waals surface area contributed by atoms with Crippen LogP contribution >= 0.6 is 0 Å². The first-order valence-corrected chi connectivity index (χ1v) is 33.4. The van der Waals surface area contributed by atoms with Crippen molar-refractivity contribution >= 4 is 65.0 Å². The number of carbonyl (C=O) groups excluding carboxylic acids is 11. The molecule has 0 saturated carbocycles. The Labute approximate surface area is 551 Å². The zero-order valence-electron chi connectivity index (χ0n) is 60.7. The van der Waals surface area contributed by atoms with E-state index in [2.05, 4.69) is 31.1 Å². The minimum Gasteiger partial charge on any atom is -0.390 e. The van der Waals surface area contributed by atoms with Crippen LogP contribution in [0.15, 0.2) is 12.2 Å². The lowest BCUT2D eigenvalue weighted by atomic mass is 9.91. The normalized spacial score (nSPS) is 28.3. The summed E-state index contributed by atoms with van der Waals surface area (Å²) in [6.07, 6.45) is 2.86. The van der Waals surface area contributed by atoms with Crippen LogP contribution in [-0.2, 0) is 52.7 Å². The number of hydrogen-bond acceptors (Lipinski definition) is 14. The molecule has 2 aliphatic heterocycles. The highest BCUT2D eigenvalue weighted by Gasteiger charge is 2.46. The van der Waals surface area contributed by atoms with Gasteiger partial charge in [0, 0.05) is 82.1 Å². The van der Waals surface area contributed by atoms with Crippen molar-refractivity contribution in [2.75, 3.05) is 89.1 Å². The molecule has 0 radical (unpaired) electrons. The van der Waals surface area contributed by atoms with Crippen molar-refractivity contribution in [2.24, 2.45) is 41.4 Å². The molecular weight excluding hydrogens is 1180 g/mol. The molecule has 0 aromatic heterocycles. The number of nitrogens with zero attached hydrogens (tertiary/aromatic N) is 9. The standard InChI is InChI=1S/C67H121N13O12/c1-26-28-29-43(13)56(81)55-60(85)70-48(27-2)63(88)73(19)47(17)62(87)78(24)54(44(14)37-80-32-30-72(18)31-33-80)59(84)71-52(41(9)10)66(91)74(20)49(34-38(3)4)58(83)68-45(15)57(82)69-46(16)61(86)75(21)50(35-39(5)6)64(89)76(22)51(36-40(7)8)65(90)77(23)53(42(11)12)67(92)79(55)25/h26,28,38-56,81H,27,29-37H2,1-25H3,(H,68,83)(H,69,82)(H,70,85)(H,71,84)/b28-26+/t43-,44-,45+,46-,47-,48+,49+,50+,51+,52+,53+,54+,55+,56-/m1/s1. The van der Waals surface area contributed by atoms with Crippen LogP contribution in [0.4, 0.5) is 0 Å². The molecule has 2 heterocycles. The third-order valence-electron chi connectivity index (χ3n) is 18.5. The van der Waals surface area contributed by atoms with Gasteiger partial charge in [-0.1, -0.05) is 102 Å². The van der Waals surface area contributed by atoms with E-state index in [0.717, 1.165) is 18.0 Å². The van der Waals surface area contributed by atoms with E-state index >= 15 is 24.0 Å². The Morgan fingerprint density at radius 3 is 1.38 bits per heavy atom. The van der Waals surface area contributed by atoms with E-state index in [1.807, 2.05) is 68.5 Å². The number of carbonyl (C=O) groups is 11. The molecule has 0 aliphatic carbocycles. The highest BCUT2D eigenvalue weighted by Crippen LogP contribution is 2.26. The summed E-state index contributed by atoms with van der Waals surface area (Å²) in [7, 11) is 12.1. The number of allylic oxidation sites excluding steroid dienone is 2. The summed E-state index contributed by atoms with van der Waals surface area (Å²) in [4.78, 5) is 176. The van der Waals surface area contributed by atoms with Crippen LogP contribution in [0, 0.1) is 41.4 Å². The molecule has 2 fully saturated rings. The molecule has 0 unspecified atom stereocenters. The van der Waals surface area contributed by atoms with Crippen molar-refractivity contribution in [3.8, 4) is 0 Å². The first-order valence-electron chi connectivity index (χ1n) is 33.4. The second kappa shape index (κ2) is 37.0. The molecule has 526 valence electrons. The third kappa shape index (κ3) is 21.9. The lowest BCUT2D eigenvalue weighted by molar-refractivity contribution is -0.157. The van der Waals surface area contributed by atoms with Gasteiger partial charge >= 0.3 is 0 Å². The van der Waals surface area contributed by atoms with Crippen molar-refractivity contribution in [3.63, 3.8) is 0 Å². The lowest BCUT2D eigenvalue weighted by Crippen LogP contribution is -2.64. The van der Waals surface area contributed by atoms with Crippen LogP contribution in [0.1, 0.15) is 150 Å². The van der Waals surface area contributed by atoms with E-state index in [4.69, 9.17) is 0 Å². The Hall–Kier alpha value is -6.21. The summed E-state index contributed by atoms with van der Waals surface area (Å²) in [6, 6.07) is -13.8. The van der Waals surface area contributed by atoms with E-state index in [0.29, 0.717) is 26.1 Å². The molecule has 25 nitrogen and oxygen atoms in total. The van der Waals surface area contributed by atoms with Crippen LogP contribution in [0.2, 0.25) is 0 Å². The first-order chi connectivity index (χ1) is 42.6. The van der Waals surface area contributed by atoms with E-state index in [1.165, 1.54) is 99.5 Å². The molecule has 0 bridgehead atoms. The van der Waals surface area contributed by atoms with Gasteiger partial charge in [-0.25, -0.2) is 0 Å². The number of aliphatic hydroxyl groups excluding tert-OH is 1. The number of rotatable bonds is 16. The van der Waals surface area contributed by atoms with Gasteiger partial charge in [-0.2, -0.15) is 0 Å². The van der Waals surface area contributed by atoms with Gasteiger partial charge in [0.25, 0.3) is 0 Å². The Morgan fingerprint density at radius 2 is 0.902 bits per heavy atom. The molecule has 5 N–H and O–H groups in total. The molecule has 2 rings (SSSR count). The van der Waals surface area contributed by atoms with Gasteiger partial charge in [0.05, 0.1) is 6.10 Å². The summed E-state index contributed by atoms with van der Waals surface area (Å²) >= 11 is 0. The molecular formula is C67H121N13O12. The Morgan fingerprint density at radius 1 is 0.457 bits per heavy atom. The van der Waals surface area contributed by atoms with Crippen LogP contribution < -0.4 is 21.3 Å². The van der Waals surface area contributed by atoms with Crippen molar-refractivity contribution in [1.29, 1.82) is 0 Å². The monoisotopic (exact) mass is 1300 g/mol. The maximum absolute atomic E-state index is 15.3. The SMILES string of the molecule is C/C=C/C[C@@H](C)[C@@H](O)[C@H]1C(=O)N[C@@H](CC)C(=O)N(C)[C@H](C)C(=O)N(C)[C@@H]([C@H](C)CN2CCN(C)CC2)C(=O)N[C@@H](C(C)C)C(=O)N(C)[C@@H](CC(C)C)C(=O)N[C@@H](C)C(=O)N[C@H](C)C(=O)N(C)[C@@H](CC(C)C)C(=O)N(C)[C@@H](CC(C)C)C(=O)N(C)[C@@H](C(C)C)C(=O)N1C. The number of aliphatic hydroxyl groups is 1. The quantitative estimate of drug-likeness (QED) is 0.139. The second-order valence-electron chi connectivity index (χ2n) is 28.3. The highest BCUT2D eigenvalue weighted by atomic mass is 16.3. The van der Waals surface area contributed by atoms with Crippen molar-refractivity contribution < 1.29 is 57.8 Å². The molecule has 2 saturated heterocycles. The molecule has 92 heavy (non-hydrogen) atoms. The Kier molecular flexibility index (Phi) is 33.0. The molecule has 2 aliphatic rings. The third-order valence-corrected chi connectivity index (χ3v) is 18.5. The molecule has 25 heteroatoms. The Balaban J connectivity index is 3.05. The van der Waals surface area contributed by atoms with Gasteiger partial charge in [-0.3, -0.25) is 52.7 Å². The summed E-state index contributed by atoms with van der Waals surface area (Å²) in [5, 5.41) is 23.4. The molecule has 11 amide bonds. The number of amides is 11. The number of hydrogen-bond donors (Lipinski definition) is 5. The van der Waals surface area contributed by atoms with Crippen molar-refractivity contribution in [2.45, 2.75) is 222 Å². The largest absolute Gasteiger partial charge is 0.390 e. The average Bonchev–Trinajstić information content (AvgIpc) is 0.834. The zero-order valence-corrected chi connectivity index (χ0v) is 60.7. The van der Waals surface area contributed by atoms with Crippen molar-refractivity contribution in [3.05, 3.63) is 12.2 Å². The zero-order chi connectivity index (χ0) is 70.8. The Bertz CT molecular complexity index is 2540. The van der Waals surface area contributed by atoms with E-state index in [1.54, 1.807) is 47.6 Å². The predicted octanol–water partition coefficient (Wildman–Crippen LogP) is 2.49. The van der Waals surface area contributed by atoms with Gasteiger partial charge in [0.15, 0.2) is 0 Å². The maximum atomic E-state index is 15.3. The summed E-state index contributed by atoms with van der Waals surface area (Å²) in [6.45, 7) is 33.0. The van der Waals surface area contributed by atoms with Crippen molar-refractivity contribution in [1.82, 2.24) is 65.4 Å². The topological polar surface area (TPSA) is 285 Å². The van der Waals surface area contributed by atoms with Gasteiger partial charge < -0.3 is 70.5 Å². The fourth-order valence-corrected chi connectivity index (χ4v) is 12.3. The van der Waals surface area contributed by atoms with E-state index in [-0.39, 0.29) is 43.4 Å². The summed E-state index contributed by atoms with van der Waals surface area (Å²) < 4.78 is 0. The molecule has 14 atom stereocenters. The summed E-state index contributed by atoms with van der Waals surface area (Å²) in [5.41, 5.74) is 0. The number of piperazine rings is 1. The molecule has 0 aromatic rings. The van der Waals surface area contributed by atoms with Crippen LogP contribution in [-0.4, -0.2) is 276 Å². The van der Waals surface area contributed by atoms with Gasteiger partial charge in [0.1, 0.15) is 66.5 Å². The van der Waals surface area contributed by atoms with E-state index in [9.17, 15) is 33.9 Å². The van der Waals surface area contributed by atoms with Gasteiger partial charge in [0.2, 0.25) is 65.0 Å². The van der Waals surface area contributed by atoms with Crippen LogP contribution in [0.25, 0.3) is 0 Å². The maximum Gasteiger partial charge on any atom is 0.246 e. The number of nitrogens with one attached hydrogen (secondary N) is 4. The fourth-order valence-electron chi connectivity index (χ4n) is 12.3. The minimum atomic E-state index is -1.63. The molecule has 0 spiro atoms.